The molecule has 19 heavy (non-hydrogen) atoms. The Balaban J connectivity index is 2.22. The second-order valence-electron chi connectivity index (χ2n) is 4.39. The summed E-state index contributed by atoms with van der Waals surface area (Å²) in [5.41, 5.74) is 0. The van der Waals surface area contributed by atoms with Crippen molar-refractivity contribution in [1.29, 1.82) is 0 Å². The summed E-state index contributed by atoms with van der Waals surface area (Å²) in [4.78, 5) is 13.6. The van der Waals surface area contributed by atoms with E-state index in [2.05, 4.69) is 5.32 Å². The third kappa shape index (κ3) is 7.17. The van der Waals surface area contributed by atoms with Crippen molar-refractivity contribution < 1.29 is 18.0 Å². The molecule has 1 amide bonds. The summed E-state index contributed by atoms with van der Waals surface area (Å²) < 4.78 is 35.6. The normalized spacial score (nSPS) is 13.3. The molecule has 1 aromatic heterocycles. The number of nitrogens with one attached hydrogen (secondary N) is 2. The van der Waals surface area contributed by atoms with Gasteiger partial charge in [0.25, 0.3) is 0 Å². The van der Waals surface area contributed by atoms with Gasteiger partial charge < -0.3 is 10.6 Å². The number of aryl methyl sites for hydroxylation is 1. The first kappa shape index (κ1) is 16.0. The number of thiophene rings is 1. The molecule has 0 aromatic carbocycles. The van der Waals surface area contributed by atoms with Gasteiger partial charge in [-0.1, -0.05) is 0 Å². The zero-order valence-electron chi connectivity index (χ0n) is 10.8. The molecule has 0 saturated carbocycles. The molecule has 2 N–H and O–H groups in total. The molecule has 1 aromatic rings. The van der Waals surface area contributed by atoms with Crippen molar-refractivity contribution >= 4 is 17.2 Å². The van der Waals surface area contributed by atoms with Crippen LogP contribution in [0.3, 0.4) is 0 Å². The van der Waals surface area contributed by atoms with E-state index in [0.717, 1.165) is 6.42 Å². The first-order valence-electron chi connectivity index (χ1n) is 5.88. The molecule has 1 heterocycles. The first-order valence-corrected chi connectivity index (χ1v) is 6.70. The minimum Gasteiger partial charge on any atom is -0.346 e. The molecule has 108 valence electrons. The number of hydrogen-bond donors (Lipinski definition) is 2. The lowest BCUT2D eigenvalue weighted by atomic mass is 10.2. The highest BCUT2D eigenvalue weighted by Gasteiger charge is 2.27. The molecule has 3 nitrogen and oxygen atoms in total. The van der Waals surface area contributed by atoms with Gasteiger partial charge in [0.2, 0.25) is 5.91 Å². The van der Waals surface area contributed by atoms with Crippen molar-refractivity contribution in [3.8, 4) is 0 Å². The van der Waals surface area contributed by atoms with Crippen molar-refractivity contribution in [2.75, 3.05) is 13.1 Å². The van der Waals surface area contributed by atoms with Gasteiger partial charge in [0.05, 0.1) is 6.54 Å². The maximum atomic E-state index is 11.9. The van der Waals surface area contributed by atoms with E-state index in [9.17, 15) is 18.0 Å². The van der Waals surface area contributed by atoms with Crippen LogP contribution in [0.5, 0.6) is 0 Å². The Labute approximate surface area is 114 Å². The molecule has 1 rings (SSSR count). The number of carbonyl (C=O) groups is 1. The van der Waals surface area contributed by atoms with Gasteiger partial charge >= 0.3 is 6.18 Å². The third-order valence-corrected chi connectivity index (χ3v) is 3.42. The van der Waals surface area contributed by atoms with Crippen molar-refractivity contribution in [2.45, 2.75) is 32.5 Å². The van der Waals surface area contributed by atoms with Crippen LogP contribution in [-0.2, 0) is 11.2 Å². The molecule has 0 spiro atoms. The van der Waals surface area contributed by atoms with Crippen LogP contribution in [0, 0.1) is 6.92 Å². The Morgan fingerprint density at radius 1 is 1.42 bits per heavy atom. The Bertz CT molecular complexity index is 417. The highest BCUT2D eigenvalue weighted by atomic mass is 32.1. The lowest BCUT2D eigenvalue weighted by Crippen LogP contribution is -2.42. The van der Waals surface area contributed by atoms with Crippen LogP contribution in [0.1, 0.15) is 16.7 Å². The zero-order chi connectivity index (χ0) is 14.5. The Morgan fingerprint density at radius 2 is 2.11 bits per heavy atom. The molecule has 0 radical (unpaired) electrons. The standard InChI is InChI=1S/C12H17F3N2OS/c1-8(5-10-4-3-9(2)19-10)16-6-11(18)17-7-12(13,14)15/h3-4,8,16H,5-7H2,1-2H3,(H,17,18). The van der Waals surface area contributed by atoms with Crippen LogP contribution in [0.4, 0.5) is 13.2 Å². The van der Waals surface area contributed by atoms with E-state index in [-0.39, 0.29) is 12.6 Å². The van der Waals surface area contributed by atoms with E-state index >= 15 is 0 Å². The molecule has 0 aliphatic carbocycles. The third-order valence-electron chi connectivity index (χ3n) is 2.40. The highest BCUT2D eigenvalue weighted by molar-refractivity contribution is 7.11. The summed E-state index contributed by atoms with van der Waals surface area (Å²) in [6.07, 6.45) is -3.61. The number of hydrogen-bond acceptors (Lipinski definition) is 3. The monoisotopic (exact) mass is 294 g/mol. The van der Waals surface area contributed by atoms with Crippen molar-refractivity contribution in [3.05, 3.63) is 21.9 Å². The predicted octanol–water partition coefficient (Wildman–Crippen LogP) is 2.26. The molecular weight excluding hydrogens is 277 g/mol. The van der Waals surface area contributed by atoms with Crippen LogP contribution in [0.2, 0.25) is 0 Å². The summed E-state index contributed by atoms with van der Waals surface area (Å²) in [5.74, 6) is -0.647. The van der Waals surface area contributed by atoms with Crippen LogP contribution < -0.4 is 10.6 Å². The zero-order valence-corrected chi connectivity index (χ0v) is 11.6. The van der Waals surface area contributed by atoms with Gasteiger partial charge in [0.1, 0.15) is 6.54 Å². The number of halogens is 3. The highest BCUT2D eigenvalue weighted by Crippen LogP contribution is 2.16. The van der Waals surface area contributed by atoms with Crippen molar-refractivity contribution in [3.63, 3.8) is 0 Å². The number of alkyl halides is 3. The van der Waals surface area contributed by atoms with E-state index in [1.807, 2.05) is 31.3 Å². The summed E-state index contributed by atoms with van der Waals surface area (Å²) in [6.45, 7) is 2.51. The average molecular weight is 294 g/mol. The fourth-order valence-electron chi connectivity index (χ4n) is 1.50. The Kier molecular flexibility index (Phi) is 5.81. The lowest BCUT2D eigenvalue weighted by Gasteiger charge is -2.13. The molecule has 0 fully saturated rings. The van der Waals surface area contributed by atoms with Gasteiger partial charge in [-0.25, -0.2) is 0 Å². The van der Waals surface area contributed by atoms with E-state index in [1.165, 1.54) is 9.75 Å². The van der Waals surface area contributed by atoms with Crippen molar-refractivity contribution in [2.24, 2.45) is 0 Å². The molecule has 7 heteroatoms. The van der Waals surface area contributed by atoms with Crippen LogP contribution in [-0.4, -0.2) is 31.2 Å². The predicted molar refractivity (Wildman–Crippen MR) is 69.3 cm³/mol. The van der Waals surface area contributed by atoms with E-state index in [0.29, 0.717) is 0 Å². The molecule has 0 bridgehead atoms. The van der Waals surface area contributed by atoms with Gasteiger partial charge in [-0.2, -0.15) is 13.2 Å². The Morgan fingerprint density at radius 3 is 2.63 bits per heavy atom. The number of carbonyl (C=O) groups excluding carboxylic acids is 1. The minimum atomic E-state index is -4.37. The minimum absolute atomic E-state index is 0.0367. The molecule has 0 aliphatic heterocycles. The molecule has 1 atom stereocenters. The lowest BCUT2D eigenvalue weighted by molar-refractivity contribution is -0.137. The topological polar surface area (TPSA) is 41.1 Å². The first-order chi connectivity index (χ1) is 8.76. The van der Waals surface area contributed by atoms with E-state index in [4.69, 9.17) is 0 Å². The summed E-state index contributed by atoms with van der Waals surface area (Å²) >= 11 is 1.67. The maximum absolute atomic E-state index is 11.9. The number of rotatable bonds is 6. The van der Waals surface area contributed by atoms with Gasteiger partial charge in [0.15, 0.2) is 0 Å². The summed E-state index contributed by atoms with van der Waals surface area (Å²) in [7, 11) is 0. The molecule has 1 unspecified atom stereocenters. The second-order valence-corrected chi connectivity index (χ2v) is 5.76. The van der Waals surface area contributed by atoms with Crippen molar-refractivity contribution in [1.82, 2.24) is 10.6 Å². The van der Waals surface area contributed by atoms with Crippen LogP contribution >= 0.6 is 11.3 Å². The average Bonchev–Trinajstić information content (AvgIpc) is 2.68. The summed E-state index contributed by atoms with van der Waals surface area (Å²) in [6, 6.07) is 4.07. The fourth-order valence-corrected chi connectivity index (χ4v) is 2.52. The molecule has 0 saturated heterocycles. The van der Waals surface area contributed by atoms with E-state index in [1.54, 1.807) is 11.3 Å². The largest absolute Gasteiger partial charge is 0.405 e. The van der Waals surface area contributed by atoms with Gasteiger partial charge in [-0.3, -0.25) is 4.79 Å². The van der Waals surface area contributed by atoms with Gasteiger partial charge in [-0.05, 0) is 32.4 Å². The maximum Gasteiger partial charge on any atom is 0.405 e. The summed E-state index contributed by atoms with van der Waals surface area (Å²) in [5, 5.41) is 4.73. The van der Waals surface area contributed by atoms with Crippen LogP contribution in [0.25, 0.3) is 0 Å². The molecular formula is C12H17F3N2OS. The molecule has 0 aliphatic rings. The van der Waals surface area contributed by atoms with Gasteiger partial charge in [0, 0.05) is 15.8 Å². The fraction of sp³-hybridized carbons (Fsp3) is 0.583. The number of amides is 1. The van der Waals surface area contributed by atoms with Gasteiger partial charge in [-0.15, -0.1) is 11.3 Å². The Hall–Kier alpha value is -1.08. The SMILES string of the molecule is Cc1ccc(CC(C)NCC(=O)NCC(F)(F)F)s1. The van der Waals surface area contributed by atoms with Crippen LogP contribution in [0.15, 0.2) is 12.1 Å². The smallest absolute Gasteiger partial charge is 0.346 e. The second kappa shape index (κ2) is 6.91. The van der Waals surface area contributed by atoms with E-state index < -0.39 is 18.6 Å². The quantitative estimate of drug-likeness (QED) is 0.845.